The zero-order valence-electron chi connectivity index (χ0n) is 9.17. The first kappa shape index (κ1) is 11.3. The summed E-state index contributed by atoms with van der Waals surface area (Å²) in [5, 5.41) is 9.74. The van der Waals surface area contributed by atoms with Crippen LogP contribution in [0.2, 0.25) is 0 Å². The summed E-state index contributed by atoms with van der Waals surface area (Å²) in [5.41, 5.74) is 0. The van der Waals surface area contributed by atoms with Crippen LogP contribution in [0.3, 0.4) is 0 Å². The van der Waals surface area contributed by atoms with E-state index in [2.05, 4.69) is 14.9 Å². The topological polar surface area (TPSA) is 64.5 Å². The maximum Gasteiger partial charge on any atom is 0.336 e. The molecule has 0 aromatic carbocycles. The van der Waals surface area contributed by atoms with Crippen LogP contribution >= 0.6 is 11.3 Å². The molecule has 88 valence electrons. The molecule has 1 unspecified atom stereocenters. The van der Waals surface area contributed by atoms with Gasteiger partial charge in [-0.25, -0.2) is 4.79 Å². The third kappa shape index (κ3) is 2.30. The Morgan fingerprint density at radius 3 is 3.06 bits per heavy atom. The van der Waals surface area contributed by atoms with Crippen LogP contribution in [0.5, 0.6) is 0 Å². The van der Waals surface area contributed by atoms with E-state index in [4.69, 9.17) is 4.74 Å². The van der Waals surface area contributed by atoms with E-state index in [-0.39, 0.29) is 5.97 Å². The standard InChI is InChI=1S/C9H13N3O3S/c1-6-10-11-9(16-6)12-3-4-15-7(5-12)8(13)14-2/h7H,3-5H2,1-2H3. The van der Waals surface area contributed by atoms with Crippen LogP contribution in [0.4, 0.5) is 5.13 Å². The lowest BCUT2D eigenvalue weighted by Gasteiger charge is -2.30. The fourth-order valence-corrected chi connectivity index (χ4v) is 2.23. The highest BCUT2D eigenvalue weighted by Gasteiger charge is 2.28. The summed E-state index contributed by atoms with van der Waals surface area (Å²) < 4.78 is 9.99. The van der Waals surface area contributed by atoms with E-state index in [1.807, 2.05) is 11.8 Å². The molecule has 0 radical (unpaired) electrons. The van der Waals surface area contributed by atoms with Crippen molar-refractivity contribution in [1.82, 2.24) is 10.2 Å². The Morgan fingerprint density at radius 1 is 1.62 bits per heavy atom. The molecule has 6 nitrogen and oxygen atoms in total. The summed E-state index contributed by atoms with van der Waals surface area (Å²) in [5.74, 6) is -0.342. The SMILES string of the molecule is COC(=O)C1CN(c2nnc(C)s2)CCO1. The van der Waals surface area contributed by atoms with Gasteiger partial charge >= 0.3 is 5.97 Å². The van der Waals surface area contributed by atoms with E-state index in [9.17, 15) is 4.79 Å². The molecule has 2 rings (SSSR count). The number of nitrogens with zero attached hydrogens (tertiary/aromatic N) is 3. The number of ether oxygens (including phenoxy) is 2. The zero-order valence-corrected chi connectivity index (χ0v) is 9.99. The Balaban J connectivity index is 2.04. The van der Waals surface area contributed by atoms with Crippen molar-refractivity contribution in [2.75, 3.05) is 31.7 Å². The molecule has 1 aromatic rings. The minimum atomic E-state index is -0.525. The van der Waals surface area contributed by atoms with Gasteiger partial charge in [0.1, 0.15) is 5.01 Å². The van der Waals surface area contributed by atoms with Crippen LogP contribution in [0.15, 0.2) is 0 Å². The highest BCUT2D eigenvalue weighted by Crippen LogP contribution is 2.21. The predicted octanol–water partition coefficient (Wildman–Crippen LogP) is 0.225. The monoisotopic (exact) mass is 243 g/mol. The molecule has 16 heavy (non-hydrogen) atoms. The number of esters is 1. The predicted molar refractivity (Wildman–Crippen MR) is 58.6 cm³/mol. The first-order valence-corrected chi connectivity index (χ1v) is 5.77. The van der Waals surface area contributed by atoms with Crippen LogP contribution in [-0.2, 0) is 14.3 Å². The molecule has 1 fully saturated rings. The summed E-state index contributed by atoms with van der Waals surface area (Å²) in [6.07, 6.45) is -0.525. The second kappa shape index (κ2) is 4.75. The molecule has 1 aliphatic heterocycles. The van der Waals surface area contributed by atoms with Gasteiger partial charge in [0.15, 0.2) is 6.10 Å². The molecule has 1 aliphatic rings. The van der Waals surface area contributed by atoms with Crippen molar-refractivity contribution >= 4 is 22.4 Å². The first-order chi connectivity index (χ1) is 7.70. The number of aryl methyl sites for hydroxylation is 1. The second-order valence-electron chi connectivity index (χ2n) is 3.43. The van der Waals surface area contributed by atoms with Crippen LogP contribution in [-0.4, -0.2) is 49.1 Å². The zero-order chi connectivity index (χ0) is 11.5. The van der Waals surface area contributed by atoms with Crippen molar-refractivity contribution < 1.29 is 14.3 Å². The molecule has 0 spiro atoms. The number of anilines is 1. The lowest BCUT2D eigenvalue weighted by Crippen LogP contribution is -2.46. The van der Waals surface area contributed by atoms with Crippen molar-refractivity contribution in [1.29, 1.82) is 0 Å². The van der Waals surface area contributed by atoms with Gasteiger partial charge in [-0.05, 0) is 6.92 Å². The van der Waals surface area contributed by atoms with Gasteiger partial charge in [-0.3, -0.25) is 0 Å². The number of aromatic nitrogens is 2. The summed E-state index contributed by atoms with van der Waals surface area (Å²) in [6, 6.07) is 0. The summed E-state index contributed by atoms with van der Waals surface area (Å²) in [7, 11) is 1.36. The van der Waals surface area contributed by atoms with Gasteiger partial charge in [-0.1, -0.05) is 11.3 Å². The Hall–Kier alpha value is -1.21. The molecule has 0 saturated carbocycles. The van der Waals surface area contributed by atoms with E-state index in [1.165, 1.54) is 18.4 Å². The van der Waals surface area contributed by atoms with Crippen LogP contribution in [0.25, 0.3) is 0 Å². The number of methoxy groups -OCH3 is 1. The fourth-order valence-electron chi connectivity index (χ4n) is 1.51. The van der Waals surface area contributed by atoms with Gasteiger partial charge in [0.2, 0.25) is 5.13 Å². The smallest absolute Gasteiger partial charge is 0.336 e. The van der Waals surface area contributed by atoms with Crippen LogP contribution < -0.4 is 4.90 Å². The maximum atomic E-state index is 11.3. The number of rotatable bonds is 2. The molecule has 7 heteroatoms. The number of morpholine rings is 1. The average Bonchev–Trinajstić information content (AvgIpc) is 2.75. The van der Waals surface area contributed by atoms with Crippen LogP contribution in [0.1, 0.15) is 5.01 Å². The van der Waals surface area contributed by atoms with Crippen molar-refractivity contribution in [3.05, 3.63) is 5.01 Å². The Labute approximate surface area is 97.2 Å². The molecule has 1 saturated heterocycles. The number of hydrogen-bond donors (Lipinski definition) is 0. The molecule has 1 aromatic heterocycles. The second-order valence-corrected chi connectivity index (χ2v) is 4.59. The van der Waals surface area contributed by atoms with Gasteiger partial charge in [-0.2, -0.15) is 0 Å². The summed E-state index contributed by atoms with van der Waals surface area (Å²) >= 11 is 1.51. The van der Waals surface area contributed by atoms with E-state index in [0.717, 1.165) is 16.7 Å². The highest BCUT2D eigenvalue weighted by molar-refractivity contribution is 7.15. The molecule has 0 N–H and O–H groups in total. The number of carbonyl (C=O) groups is 1. The fraction of sp³-hybridized carbons (Fsp3) is 0.667. The minimum Gasteiger partial charge on any atom is -0.467 e. The van der Waals surface area contributed by atoms with E-state index >= 15 is 0 Å². The molecule has 2 heterocycles. The van der Waals surface area contributed by atoms with E-state index < -0.39 is 6.10 Å². The quantitative estimate of drug-likeness (QED) is 0.693. The van der Waals surface area contributed by atoms with Crippen LogP contribution in [0, 0.1) is 6.92 Å². The van der Waals surface area contributed by atoms with Crippen molar-refractivity contribution in [3.63, 3.8) is 0 Å². The van der Waals surface area contributed by atoms with Gasteiger partial charge in [0, 0.05) is 6.54 Å². The maximum absolute atomic E-state index is 11.3. The molecule has 0 bridgehead atoms. The van der Waals surface area contributed by atoms with Gasteiger partial charge < -0.3 is 14.4 Å². The van der Waals surface area contributed by atoms with E-state index in [0.29, 0.717) is 13.2 Å². The Bertz CT molecular complexity index is 382. The van der Waals surface area contributed by atoms with Crippen molar-refractivity contribution in [2.45, 2.75) is 13.0 Å². The molecule has 0 aliphatic carbocycles. The minimum absolute atomic E-state index is 0.342. The third-order valence-corrected chi connectivity index (χ3v) is 3.22. The Morgan fingerprint density at radius 2 is 2.44 bits per heavy atom. The largest absolute Gasteiger partial charge is 0.467 e. The Kier molecular flexibility index (Phi) is 3.35. The summed E-state index contributed by atoms with van der Waals surface area (Å²) in [6.45, 7) is 3.60. The van der Waals surface area contributed by atoms with Crippen molar-refractivity contribution in [2.24, 2.45) is 0 Å². The highest BCUT2D eigenvalue weighted by atomic mass is 32.1. The molecular formula is C9H13N3O3S. The van der Waals surface area contributed by atoms with Crippen molar-refractivity contribution in [3.8, 4) is 0 Å². The lowest BCUT2D eigenvalue weighted by atomic mass is 10.3. The average molecular weight is 243 g/mol. The number of hydrogen-bond acceptors (Lipinski definition) is 7. The van der Waals surface area contributed by atoms with E-state index in [1.54, 1.807) is 0 Å². The summed E-state index contributed by atoms with van der Waals surface area (Å²) in [4.78, 5) is 13.3. The molecule has 0 amide bonds. The van der Waals surface area contributed by atoms with Gasteiger partial charge in [-0.15, -0.1) is 10.2 Å². The molecule has 1 atom stereocenters. The molecular weight excluding hydrogens is 230 g/mol. The third-order valence-electron chi connectivity index (χ3n) is 2.32. The number of carbonyl (C=O) groups excluding carboxylic acids is 1. The first-order valence-electron chi connectivity index (χ1n) is 4.95. The van der Waals surface area contributed by atoms with Gasteiger partial charge in [0.05, 0.1) is 20.3 Å². The van der Waals surface area contributed by atoms with Gasteiger partial charge in [0.25, 0.3) is 0 Å². The lowest BCUT2D eigenvalue weighted by molar-refractivity contribution is -0.154. The normalized spacial score (nSPS) is 20.9.